The van der Waals surface area contributed by atoms with Gasteiger partial charge in [0.05, 0.1) is 11.0 Å². The van der Waals surface area contributed by atoms with E-state index in [4.69, 9.17) is 5.26 Å². The molecule has 0 fully saturated rings. The number of benzene rings is 1. The van der Waals surface area contributed by atoms with Crippen LogP contribution in [0.4, 0.5) is 5.69 Å². The van der Waals surface area contributed by atoms with Gasteiger partial charge in [0.25, 0.3) is 5.69 Å². The number of ketones is 1. The van der Waals surface area contributed by atoms with Crippen LogP contribution in [-0.4, -0.2) is 10.7 Å². The molecular weight excluding hydrogens is 244 g/mol. The van der Waals surface area contributed by atoms with Gasteiger partial charge in [0.2, 0.25) is 0 Å². The molecular formula is C14H16N2O3. The summed E-state index contributed by atoms with van der Waals surface area (Å²) in [6, 6.07) is 7.93. The highest BCUT2D eigenvalue weighted by Crippen LogP contribution is 2.23. The fourth-order valence-corrected chi connectivity index (χ4v) is 1.71. The van der Waals surface area contributed by atoms with Gasteiger partial charge in [-0.25, -0.2) is 0 Å². The molecule has 0 saturated heterocycles. The third-order valence-corrected chi connectivity index (χ3v) is 2.80. The summed E-state index contributed by atoms with van der Waals surface area (Å²) in [6.45, 7) is 5.32. The Bertz CT molecular complexity index is 521. The van der Waals surface area contributed by atoms with Gasteiger partial charge in [-0.1, -0.05) is 32.9 Å². The van der Waals surface area contributed by atoms with Crippen molar-refractivity contribution in [3.8, 4) is 6.07 Å². The Morgan fingerprint density at radius 3 is 2.26 bits per heavy atom. The van der Waals surface area contributed by atoms with Crippen LogP contribution in [0.1, 0.15) is 26.3 Å². The molecule has 100 valence electrons. The highest BCUT2D eigenvalue weighted by atomic mass is 16.6. The van der Waals surface area contributed by atoms with E-state index in [-0.39, 0.29) is 17.9 Å². The minimum atomic E-state index is -0.721. The summed E-state index contributed by atoms with van der Waals surface area (Å²) in [6.07, 6.45) is 0.282. The number of Topliss-reactive ketones (excluding diaryl/α,β-unsaturated/α-hetero) is 1. The fraction of sp³-hybridized carbons (Fsp3) is 0.429. The molecule has 0 heterocycles. The average molecular weight is 260 g/mol. The standard InChI is InChI=1S/C14H16N2O3/c1-14(2,3)13(17)11(9-15)8-10-4-6-12(7-5-10)16(18)19/h4-7,11H,8H2,1-3H3. The maximum atomic E-state index is 12.0. The second-order valence-electron chi connectivity index (χ2n) is 5.42. The second-order valence-corrected chi connectivity index (χ2v) is 5.42. The first-order valence-electron chi connectivity index (χ1n) is 5.93. The Morgan fingerprint density at radius 1 is 1.37 bits per heavy atom. The summed E-state index contributed by atoms with van der Waals surface area (Å²) in [5.74, 6) is -0.838. The van der Waals surface area contributed by atoms with Crippen LogP contribution < -0.4 is 0 Å². The van der Waals surface area contributed by atoms with E-state index in [0.717, 1.165) is 5.56 Å². The lowest BCUT2D eigenvalue weighted by Crippen LogP contribution is -2.28. The minimum Gasteiger partial charge on any atom is -0.298 e. The monoisotopic (exact) mass is 260 g/mol. The van der Waals surface area contributed by atoms with Crippen molar-refractivity contribution >= 4 is 11.5 Å². The zero-order chi connectivity index (χ0) is 14.6. The van der Waals surface area contributed by atoms with Crippen molar-refractivity contribution in [2.45, 2.75) is 27.2 Å². The fourth-order valence-electron chi connectivity index (χ4n) is 1.71. The maximum absolute atomic E-state index is 12.0. The molecule has 1 rings (SSSR count). The Balaban J connectivity index is 2.86. The Hall–Kier alpha value is -2.22. The third-order valence-electron chi connectivity index (χ3n) is 2.80. The summed E-state index contributed by atoms with van der Waals surface area (Å²) >= 11 is 0. The second kappa shape index (κ2) is 5.61. The number of carbonyl (C=O) groups is 1. The summed E-state index contributed by atoms with van der Waals surface area (Å²) in [7, 11) is 0. The Labute approximate surface area is 112 Å². The smallest absolute Gasteiger partial charge is 0.269 e. The number of hydrogen-bond acceptors (Lipinski definition) is 4. The number of non-ortho nitro benzene ring substituents is 1. The first-order valence-corrected chi connectivity index (χ1v) is 5.93. The molecule has 1 atom stereocenters. The van der Waals surface area contributed by atoms with Gasteiger partial charge >= 0.3 is 0 Å². The summed E-state index contributed by atoms with van der Waals surface area (Å²) in [4.78, 5) is 22.1. The van der Waals surface area contributed by atoms with Crippen LogP contribution in [0.5, 0.6) is 0 Å². The van der Waals surface area contributed by atoms with Crippen LogP contribution in [-0.2, 0) is 11.2 Å². The van der Waals surface area contributed by atoms with Crippen LogP contribution in [0.2, 0.25) is 0 Å². The number of rotatable bonds is 4. The lowest BCUT2D eigenvalue weighted by molar-refractivity contribution is -0.384. The molecule has 0 amide bonds. The number of nitriles is 1. The van der Waals surface area contributed by atoms with Gasteiger partial charge in [0, 0.05) is 17.5 Å². The molecule has 0 aliphatic rings. The number of nitrogens with zero attached hydrogens (tertiary/aromatic N) is 2. The summed E-state index contributed by atoms with van der Waals surface area (Å²) < 4.78 is 0. The van der Waals surface area contributed by atoms with Gasteiger partial charge in [-0.15, -0.1) is 0 Å². The van der Waals surface area contributed by atoms with Crippen LogP contribution in [0.3, 0.4) is 0 Å². The maximum Gasteiger partial charge on any atom is 0.269 e. The first kappa shape index (κ1) is 14.8. The number of nitro groups is 1. The molecule has 1 aromatic carbocycles. The zero-order valence-corrected chi connectivity index (χ0v) is 11.2. The predicted octanol–water partition coefficient (Wildman–Crippen LogP) is 2.89. The normalized spacial score (nSPS) is 12.5. The molecule has 0 aliphatic heterocycles. The topological polar surface area (TPSA) is 84.0 Å². The average Bonchev–Trinajstić information content (AvgIpc) is 2.34. The van der Waals surface area contributed by atoms with E-state index in [1.54, 1.807) is 32.9 Å². The van der Waals surface area contributed by atoms with E-state index in [0.29, 0.717) is 0 Å². The van der Waals surface area contributed by atoms with E-state index in [1.165, 1.54) is 12.1 Å². The molecule has 0 spiro atoms. The minimum absolute atomic E-state index is 0.000550. The van der Waals surface area contributed by atoms with Crippen molar-refractivity contribution in [3.63, 3.8) is 0 Å². The molecule has 0 aromatic heterocycles. The number of nitro benzene ring substituents is 1. The molecule has 0 radical (unpaired) electrons. The van der Waals surface area contributed by atoms with Crippen LogP contribution in [0, 0.1) is 32.8 Å². The lowest BCUT2D eigenvalue weighted by atomic mass is 9.81. The van der Waals surface area contributed by atoms with Crippen LogP contribution >= 0.6 is 0 Å². The van der Waals surface area contributed by atoms with Crippen molar-refractivity contribution in [1.82, 2.24) is 0 Å². The Morgan fingerprint density at radius 2 is 1.89 bits per heavy atom. The van der Waals surface area contributed by atoms with Crippen LogP contribution in [0.25, 0.3) is 0 Å². The van der Waals surface area contributed by atoms with Crippen LogP contribution in [0.15, 0.2) is 24.3 Å². The van der Waals surface area contributed by atoms with Gasteiger partial charge in [-0.3, -0.25) is 14.9 Å². The summed E-state index contributed by atoms with van der Waals surface area (Å²) in [5, 5.41) is 19.6. The van der Waals surface area contributed by atoms with Crippen molar-refractivity contribution in [3.05, 3.63) is 39.9 Å². The molecule has 19 heavy (non-hydrogen) atoms. The van der Waals surface area contributed by atoms with E-state index in [1.807, 2.05) is 6.07 Å². The van der Waals surface area contributed by atoms with E-state index >= 15 is 0 Å². The van der Waals surface area contributed by atoms with Gasteiger partial charge < -0.3 is 0 Å². The van der Waals surface area contributed by atoms with Gasteiger partial charge in [-0.2, -0.15) is 5.26 Å². The number of carbonyl (C=O) groups excluding carboxylic acids is 1. The van der Waals surface area contributed by atoms with E-state index in [2.05, 4.69) is 0 Å². The molecule has 0 bridgehead atoms. The summed E-state index contributed by atoms with van der Waals surface area (Å²) in [5.41, 5.74) is 0.176. The predicted molar refractivity (Wildman–Crippen MR) is 70.4 cm³/mol. The van der Waals surface area contributed by atoms with Crippen molar-refractivity contribution in [2.24, 2.45) is 11.3 Å². The third kappa shape index (κ3) is 3.88. The molecule has 0 aliphatic carbocycles. The molecule has 5 nitrogen and oxygen atoms in total. The largest absolute Gasteiger partial charge is 0.298 e. The Kier molecular flexibility index (Phi) is 4.38. The molecule has 1 aromatic rings. The SMILES string of the molecule is CC(C)(C)C(=O)C(C#N)Cc1ccc([N+](=O)[O-])cc1. The zero-order valence-electron chi connectivity index (χ0n) is 11.2. The molecule has 5 heteroatoms. The number of hydrogen-bond donors (Lipinski definition) is 0. The molecule has 0 saturated carbocycles. The van der Waals surface area contributed by atoms with Crippen molar-refractivity contribution in [2.75, 3.05) is 0 Å². The highest BCUT2D eigenvalue weighted by Gasteiger charge is 2.29. The van der Waals surface area contributed by atoms with E-state index in [9.17, 15) is 14.9 Å². The first-order chi connectivity index (χ1) is 8.75. The van der Waals surface area contributed by atoms with Gasteiger partial charge in [-0.05, 0) is 12.0 Å². The van der Waals surface area contributed by atoms with Crippen molar-refractivity contribution in [1.29, 1.82) is 5.26 Å². The lowest BCUT2D eigenvalue weighted by Gasteiger charge is -2.20. The van der Waals surface area contributed by atoms with Crippen molar-refractivity contribution < 1.29 is 9.72 Å². The highest BCUT2D eigenvalue weighted by molar-refractivity contribution is 5.88. The quantitative estimate of drug-likeness (QED) is 0.615. The van der Waals surface area contributed by atoms with Gasteiger partial charge in [0.1, 0.15) is 5.92 Å². The van der Waals surface area contributed by atoms with Gasteiger partial charge in [0.15, 0.2) is 5.78 Å². The molecule has 1 unspecified atom stereocenters. The molecule has 0 N–H and O–H groups in total. The van der Waals surface area contributed by atoms with E-state index < -0.39 is 16.3 Å².